The van der Waals surface area contributed by atoms with Crippen LogP contribution < -0.4 is 4.90 Å². The monoisotopic (exact) mass is 738 g/mol. The van der Waals surface area contributed by atoms with E-state index in [1.165, 1.54) is 82.4 Å². The van der Waals surface area contributed by atoms with Crippen molar-refractivity contribution in [2.24, 2.45) is 0 Å². The second kappa shape index (κ2) is 14.1. The van der Waals surface area contributed by atoms with Crippen LogP contribution in [-0.4, -0.2) is 4.57 Å². The van der Waals surface area contributed by atoms with Gasteiger partial charge in [-0.05, 0) is 110 Å². The lowest BCUT2D eigenvalue weighted by Gasteiger charge is -2.26. The number of aromatic nitrogens is 1. The summed E-state index contributed by atoms with van der Waals surface area (Å²) in [7, 11) is 0. The van der Waals surface area contributed by atoms with Gasteiger partial charge in [0.25, 0.3) is 0 Å². The topological polar surface area (TPSA) is 8.17 Å². The molecule has 1 heterocycles. The Morgan fingerprint density at radius 1 is 0.276 bits per heavy atom. The SMILES string of the molecule is c1ccc(-c2ccc(N(c3ccc(-c4ccc(-n5c6ccccc6c6cc7ccccc7cc65)c5ccccc45)cc3)c3cccc(-c4ccccc4)c3)cc2)cc1. The van der Waals surface area contributed by atoms with Gasteiger partial charge in [0.05, 0.1) is 16.7 Å². The fourth-order valence-electron chi connectivity index (χ4n) is 8.77. The first kappa shape index (κ1) is 33.6. The average molecular weight is 739 g/mol. The molecular weight excluding hydrogens is 701 g/mol. The summed E-state index contributed by atoms with van der Waals surface area (Å²) in [6.07, 6.45) is 0. The van der Waals surface area contributed by atoms with E-state index < -0.39 is 0 Å². The van der Waals surface area contributed by atoms with Crippen molar-refractivity contribution in [3.63, 3.8) is 0 Å². The van der Waals surface area contributed by atoms with Crippen LogP contribution in [0.4, 0.5) is 17.1 Å². The van der Waals surface area contributed by atoms with Gasteiger partial charge >= 0.3 is 0 Å². The van der Waals surface area contributed by atoms with Crippen molar-refractivity contribution in [3.8, 4) is 39.1 Å². The normalized spacial score (nSPS) is 11.4. The predicted octanol–water partition coefficient (Wildman–Crippen LogP) is 15.6. The maximum absolute atomic E-state index is 2.46. The molecule has 2 nitrogen and oxygen atoms in total. The first-order valence-electron chi connectivity index (χ1n) is 19.9. The smallest absolute Gasteiger partial charge is 0.0547 e. The van der Waals surface area contributed by atoms with Gasteiger partial charge < -0.3 is 9.47 Å². The molecule has 10 aromatic carbocycles. The minimum absolute atomic E-state index is 1.10. The quantitative estimate of drug-likeness (QED) is 0.158. The molecule has 0 radical (unpaired) electrons. The number of rotatable bonds is 7. The highest BCUT2D eigenvalue weighted by molar-refractivity contribution is 6.15. The van der Waals surface area contributed by atoms with Gasteiger partial charge in [-0.15, -0.1) is 0 Å². The van der Waals surface area contributed by atoms with Crippen LogP contribution in [0.25, 0.3) is 82.4 Å². The standard InChI is InChI=1S/C56H38N2/c1-3-14-39(15-4-1)41-26-30-46(31-27-41)57(48-21-13-20-43(36-48)40-16-5-2-6-17-40)47-32-28-42(29-33-47)49-34-35-55(51-23-10-9-22-50(49)51)58-54-25-12-11-24-52(54)53-37-44-18-7-8-19-45(44)38-56(53)58/h1-38H. The lowest BCUT2D eigenvalue weighted by molar-refractivity contribution is 1.20. The molecule has 0 N–H and O–H groups in total. The van der Waals surface area contributed by atoms with Crippen molar-refractivity contribution in [1.29, 1.82) is 0 Å². The minimum atomic E-state index is 1.10. The molecule has 0 aliphatic carbocycles. The van der Waals surface area contributed by atoms with Gasteiger partial charge in [-0.1, -0.05) is 170 Å². The molecule has 2 heteroatoms. The minimum Gasteiger partial charge on any atom is -0.310 e. The van der Waals surface area contributed by atoms with Crippen molar-refractivity contribution in [2.75, 3.05) is 4.90 Å². The number of para-hydroxylation sites is 1. The van der Waals surface area contributed by atoms with Crippen LogP contribution in [0, 0.1) is 0 Å². The van der Waals surface area contributed by atoms with E-state index in [9.17, 15) is 0 Å². The summed E-state index contributed by atoms with van der Waals surface area (Å²) in [4.78, 5) is 2.36. The summed E-state index contributed by atoms with van der Waals surface area (Å²) >= 11 is 0. The molecule has 272 valence electrons. The number of hydrogen-bond acceptors (Lipinski definition) is 1. The summed E-state index contributed by atoms with van der Waals surface area (Å²) in [5, 5.41) is 7.48. The first-order valence-corrected chi connectivity index (χ1v) is 19.9. The molecule has 1 aromatic heterocycles. The predicted molar refractivity (Wildman–Crippen MR) is 247 cm³/mol. The third-order valence-corrected chi connectivity index (χ3v) is 11.6. The Labute approximate surface area is 338 Å². The van der Waals surface area contributed by atoms with Gasteiger partial charge in [0.15, 0.2) is 0 Å². The molecule has 0 unspecified atom stereocenters. The van der Waals surface area contributed by atoms with E-state index >= 15 is 0 Å². The molecule has 0 saturated heterocycles. The molecule has 0 saturated carbocycles. The first-order chi connectivity index (χ1) is 28.8. The zero-order valence-electron chi connectivity index (χ0n) is 31.8. The molecule has 0 fully saturated rings. The molecule has 11 aromatic rings. The van der Waals surface area contributed by atoms with Crippen LogP contribution in [0.2, 0.25) is 0 Å². The third kappa shape index (κ3) is 5.82. The van der Waals surface area contributed by atoms with E-state index in [2.05, 4.69) is 240 Å². The van der Waals surface area contributed by atoms with E-state index in [1.807, 2.05) is 0 Å². The van der Waals surface area contributed by atoms with Gasteiger partial charge in [-0.3, -0.25) is 0 Å². The number of hydrogen-bond donors (Lipinski definition) is 0. The number of benzene rings is 10. The van der Waals surface area contributed by atoms with Crippen molar-refractivity contribution in [1.82, 2.24) is 4.57 Å². The van der Waals surface area contributed by atoms with Crippen LogP contribution in [0.5, 0.6) is 0 Å². The highest BCUT2D eigenvalue weighted by Crippen LogP contribution is 2.42. The van der Waals surface area contributed by atoms with Crippen molar-refractivity contribution in [2.45, 2.75) is 0 Å². The van der Waals surface area contributed by atoms with Crippen LogP contribution >= 0.6 is 0 Å². The van der Waals surface area contributed by atoms with Crippen LogP contribution in [0.1, 0.15) is 0 Å². The molecule has 0 atom stereocenters. The highest BCUT2D eigenvalue weighted by Gasteiger charge is 2.18. The Morgan fingerprint density at radius 2 is 0.810 bits per heavy atom. The molecule has 0 aliphatic rings. The Hall–Kier alpha value is -7.68. The zero-order valence-corrected chi connectivity index (χ0v) is 31.8. The second-order valence-corrected chi connectivity index (χ2v) is 15.0. The molecular formula is C56H38N2. The van der Waals surface area contributed by atoms with E-state index in [4.69, 9.17) is 0 Å². The van der Waals surface area contributed by atoms with E-state index in [0.717, 1.165) is 17.1 Å². The van der Waals surface area contributed by atoms with E-state index in [-0.39, 0.29) is 0 Å². The molecule has 0 bridgehead atoms. The number of anilines is 3. The maximum Gasteiger partial charge on any atom is 0.0547 e. The number of fused-ring (bicyclic) bond motifs is 5. The van der Waals surface area contributed by atoms with Crippen molar-refractivity contribution in [3.05, 3.63) is 231 Å². The van der Waals surface area contributed by atoms with Crippen molar-refractivity contribution >= 4 is 60.4 Å². The van der Waals surface area contributed by atoms with Gasteiger partial charge in [0, 0.05) is 33.2 Å². The zero-order chi connectivity index (χ0) is 38.4. The molecule has 0 aliphatic heterocycles. The Kier molecular flexibility index (Phi) is 8.19. The second-order valence-electron chi connectivity index (χ2n) is 15.0. The lowest BCUT2D eigenvalue weighted by atomic mass is 9.96. The van der Waals surface area contributed by atoms with Gasteiger partial charge in [-0.2, -0.15) is 0 Å². The van der Waals surface area contributed by atoms with Crippen LogP contribution in [0.3, 0.4) is 0 Å². The summed E-state index contributed by atoms with van der Waals surface area (Å²) in [5.41, 5.74) is 14.1. The van der Waals surface area contributed by atoms with Gasteiger partial charge in [0.2, 0.25) is 0 Å². The molecule has 0 spiro atoms. The molecule has 58 heavy (non-hydrogen) atoms. The van der Waals surface area contributed by atoms with Gasteiger partial charge in [-0.25, -0.2) is 0 Å². The summed E-state index contributed by atoms with van der Waals surface area (Å²) in [5.74, 6) is 0. The summed E-state index contributed by atoms with van der Waals surface area (Å²) in [6.45, 7) is 0. The maximum atomic E-state index is 2.46. The van der Waals surface area contributed by atoms with E-state index in [1.54, 1.807) is 0 Å². The summed E-state index contributed by atoms with van der Waals surface area (Å²) in [6, 6.07) is 83.6. The molecule has 11 rings (SSSR count). The third-order valence-electron chi connectivity index (χ3n) is 11.6. The fraction of sp³-hybridized carbons (Fsp3) is 0. The van der Waals surface area contributed by atoms with Crippen LogP contribution in [-0.2, 0) is 0 Å². The average Bonchev–Trinajstić information content (AvgIpc) is 3.62. The highest BCUT2D eigenvalue weighted by atomic mass is 15.1. The van der Waals surface area contributed by atoms with Gasteiger partial charge in [0.1, 0.15) is 0 Å². The summed E-state index contributed by atoms with van der Waals surface area (Å²) < 4.78 is 2.46. The largest absolute Gasteiger partial charge is 0.310 e. The lowest BCUT2D eigenvalue weighted by Crippen LogP contribution is -2.10. The van der Waals surface area contributed by atoms with E-state index in [0.29, 0.717) is 0 Å². The Bertz CT molecular complexity index is 3250. The fourth-order valence-corrected chi connectivity index (χ4v) is 8.77. The van der Waals surface area contributed by atoms with Crippen molar-refractivity contribution < 1.29 is 0 Å². The Balaban J connectivity index is 1.02. The Morgan fingerprint density at radius 3 is 1.52 bits per heavy atom. The van der Waals surface area contributed by atoms with Crippen LogP contribution in [0.15, 0.2) is 231 Å². The molecule has 0 amide bonds. The number of nitrogens with zero attached hydrogens (tertiary/aromatic N) is 2.